The highest BCUT2D eigenvalue weighted by atomic mass is 16.4. The average Bonchev–Trinajstić information content (AvgIpc) is 2.49. The lowest BCUT2D eigenvalue weighted by molar-refractivity contribution is 0.425. The number of aromatic nitrogens is 4. The molecule has 60 valence electrons. The fraction of sp³-hybridized carbons (Fsp3) is 0. The van der Waals surface area contributed by atoms with Crippen molar-refractivity contribution in [3.05, 3.63) is 18.3 Å². The predicted molar refractivity (Wildman–Crippen MR) is 40.6 cm³/mol. The molecule has 12 heavy (non-hydrogen) atoms. The van der Waals surface area contributed by atoms with E-state index in [9.17, 15) is 0 Å². The summed E-state index contributed by atoms with van der Waals surface area (Å²) >= 11 is 0. The van der Waals surface area contributed by atoms with Gasteiger partial charge in [-0.05, 0) is 28.0 Å². The first kappa shape index (κ1) is 7.20. The summed E-state index contributed by atoms with van der Waals surface area (Å²) in [7, 11) is -1.48. The second kappa shape index (κ2) is 2.54. The molecule has 0 saturated carbocycles. The zero-order chi connectivity index (χ0) is 8.55. The van der Waals surface area contributed by atoms with E-state index in [4.69, 9.17) is 10.0 Å². The molecule has 0 saturated heterocycles. The highest BCUT2D eigenvalue weighted by molar-refractivity contribution is 6.58. The second-order valence-electron chi connectivity index (χ2n) is 2.32. The average molecular weight is 164 g/mol. The standard InChI is InChI=1S/C5H5BN4O2/c11-6(12)4-1-2-10-5(3-4)7-8-9-10/h1-3,11-12H. The topological polar surface area (TPSA) is 83.5 Å². The molecular weight excluding hydrogens is 159 g/mol. The second-order valence-corrected chi connectivity index (χ2v) is 2.32. The van der Waals surface area contributed by atoms with Gasteiger partial charge in [-0.15, -0.1) is 5.10 Å². The normalized spacial score (nSPS) is 10.5. The van der Waals surface area contributed by atoms with Gasteiger partial charge in [0.25, 0.3) is 0 Å². The molecule has 7 heteroatoms. The van der Waals surface area contributed by atoms with E-state index in [-0.39, 0.29) is 0 Å². The fourth-order valence-electron chi connectivity index (χ4n) is 0.916. The van der Waals surface area contributed by atoms with Crippen molar-refractivity contribution in [2.75, 3.05) is 0 Å². The van der Waals surface area contributed by atoms with Crippen LogP contribution in [0.1, 0.15) is 0 Å². The maximum Gasteiger partial charge on any atom is 0.488 e. The smallest absolute Gasteiger partial charge is 0.423 e. The van der Waals surface area contributed by atoms with Crippen molar-refractivity contribution in [3.63, 3.8) is 0 Å². The monoisotopic (exact) mass is 164 g/mol. The fourth-order valence-corrected chi connectivity index (χ4v) is 0.916. The number of nitrogens with zero attached hydrogens (tertiary/aromatic N) is 4. The van der Waals surface area contributed by atoms with E-state index in [1.54, 1.807) is 6.20 Å². The Hall–Kier alpha value is -1.47. The number of fused-ring (bicyclic) bond motifs is 1. The minimum absolute atomic E-state index is 0.373. The molecule has 2 aromatic rings. The number of tetrazole rings is 1. The third-order valence-corrected chi connectivity index (χ3v) is 1.52. The third kappa shape index (κ3) is 1.04. The zero-order valence-electron chi connectivity index (χ0n) is 5.99. The lowest BCUT2D eigenvalue weighted by Gasteiger charge is -1.96. The number of rotatable bonds is 1. The summed E-state index contributed by atoms with van der Waals surface area (Å²) in [6, 6.07) is 3.04. The number of hydrogen-bond acceptors (Lipinski definition) is 5. The molecule has 0 unspecified atom stereocenters. The van der Waals surface area contributed by atoms with Gasteiger partial charge < -0.3 is 10.0 Å². The molecule has 0 radical (unpaired) electrons. The first-order chi connectivity index (χ1) is 5.77. The molecule has 2 heterocycles. The molecule has 0 aliphatic heterocycles. The number of pyridine rings is 1. The van der Waals surface area contributed by atoms with Gasteiger partial charge in [-0.3, -0.25) is 0 Å². The van der Waals surface area contributed by atoms with Crippen molar-refractivity contribution >= 4 is 18.2 Å². The highest BCUT2D eigenvalue weighted by Gasteiger charge is 2.11. The van der Waals surface area contributed by atoms with Crippen LogP contribution in [-0.2, 0) is 0 Å². The van der Waals surface area contributed by atoms with Crippen LogP contribution in [-0.4, -0.2) is 37.2 Å². The van der Waals surface area contributed by atoms with Crippen molar-refractivity contribution in [1.82, 2.24) is 20.0 Å². The van der Waals surface area contributed by atoms with Crippen LogP contribution in [0.5, 0.6) is 0 Å². The van der Waals surface area contributed by atoms with Crippen LogP contribution in [0.4, 0.5) is 0 Å². The van der Waals surface area contributed by atoms with Gasteiger partial charge in [0.1, 0.15) is 0 Å². The van der Waals surface area contributed by atoms with Crippen LogP contribution in [0.2, 0.25) is 0 Å². The summed E-state index contributed by atoms with van der Waals surface area (Å²) in [6.07, 6.45) is 1.56. The van der Waals surface area contributed by atoms with E-state index in [2.05, 4.69) is 15.5 Å². The lowest BCUT2D eigenvalue weighted by Crippen LogP contribution is -2.29. The van der Waals surface area contributed by atoms with Crippen LogP contribution in [0.25, 0.3) is 5.65 Å². The van der Waals surface area contributed by atoms with Crippen molar-refractivity contribution in [3.8, 4) is 0 Å². The lowest BCUT2D eigenvalue weighted by atomic mass is 9.81. The molecule has 2 rings (SSSR count). The molecule has 0 fully saturated rings. The van der Waals surface area contributed by atoms with Gasteiger partial charge in [-0.2, -0.15) is 0 Å². The molecule has 0 spiro atoms. The van der Waals surface area contributed by atoms with Crippen molar-refractivity contribution in [1.29, 1.82) is 0 Å². The van der Waals surface area contributed by atoms with Crippen LogP contribution in [0, 0.1) is 0 Å². The summed E-state index contributed by atoms with van der Waals surface area (Å²) < 4.78 is 1.44. The molecule has 0 amide bonds. The SMILES string of the molecule is OB(O)c1ccn2nnnc2c1. The molecule has 0 aromatic carbocycles. The quantitative estimate of drug-likeness (QED) is 0.467. The molecule has 2 aromatic heterocycles. The van der Waals surface area contributed by atoms with Crippen LogP contribution in [0.15, 0.2) is 18.3 Å². The highest BCUT2D eigenvalue weighted by Crippen LogP contribution is 1.91. The van der Waals surface area contributed by atoms with Crippen molar-refractivity contribution in [2.45, 2.75) is 0 Å². The summed E-state index contributed by atoms with van der Waals surface area (Å²) in [6.45, 7) is 0. The van der Waals surface area contributed by atoms with E-state index >= 15 is 0 Å². The summed E-state index contributed by atoms with van der Waals surface area (Å²) in [4.78, 5) is 0. The predicted octanol–water partition coefficient (Wildman–Crippen LogP) is -2.20. The molecular formula is C5H5BN4O2. The van der Waals surface area contributed by atoms with E-state index in [0.717, 1.165) is 0 Å². The minimum Gasteiger partial charge on any atom is -0.423 e. The Morgan fingerprint density at radius 2 is 2.25 bits per heavy atom. The van der Waals surface area contributed by atoms with Gasteiger partial charge in [-0.1, -0.05) is 0 Å². The summed E-state index contributed by atoms with van der Waals surface area (Å²) in [5.74, 6) is 0. The zero-order valence-corrected chi connectivity index (χ0v) is 5.99. The Bertz CT molecular complexity index is 401. The molecule has 0 aliphatic rings. The summed E-state index contributed by atoms with van der Waals surface area (Å²) in [5, 5.41) is 28.3. The minimum atomic E-state index is -1.48. The van der Waals surface area contributed by atoms with Crippen LogP contribution < -0.4 is 5.46 Å². The van der Waals surface area contributed by atoms with Gasteiger partial charge >= 0.3 is 7.12 Å². The van der Waals surface area contributed by atoms with Gasteiger partial charge in [0.05, 0.1) is 0 Å². The molecule has 0 aliphatic carbocycles. The maximum absolute atomic E-state index is 8.80. The largest absolute Gasteiger partial charge is 0.488 e. The Balaban J connectivity index is 2.60. The van der Waals surface area contributed by atoms with Gasteiger partial charge in [0.15, 0.2) is 5.65 Å². The van der Waals surface area contributed by atoms with Crippen LogP contribution >= 0.6 is 0 Å². The maximum atomic E-state index is 8.80. The Morgan fingerprint density at radius 3 is 3.00 bits per heavy atom. The first-order valence-electron chi connectivity index (χ1n) is 3.31. The molecule has 2 N–H and O–H groups in total. The van der Waals surface area contributed by atoms with E-state index in [1.807, 2.05) is 0 Å². The van der Waals surface area contributed by atoms with E-state index in [1.165, 1.54) is 16.6 Å². The van der Waals surface area contributed by atoms with Crippen LogP contribution in [0.3, 0.4) is 0 Å². The summed E-state index contributed by atoms with van der Waals surface area (Å²) in [5.41, 5.74) is 0.859. The first-order valence-corrected chi connectivity index (χ1v) is 3.31. The van der Waals surface area contributed by atoms with E-state index in [0.29, 0.717) is 11.1 Å². The Labute approximate surface area is 67.6 Å². The van der Waals surface area contributed by atoms with Gasteiger partial charge in [0, 0.05) is 6.20 Å². The van der Waals surface area contributed by atoms with Crippen molar-refractivity contribution in [2.24, 2.45) is 0 Å². The van der Waals surface area contributed by atoms with E-state index < -0.39 is 7.12 Å². The molecule has 0 bridgehead atoms. The third-order valence-electron chi connectivity index (χ3n) is 1.52. The van der Waals surface area contributed by atoms with Crippen molar-refractivity contribution < 1.29 is 10.0 Å². The van der Waals surface area contributed by atoms with Gasteiger partial charge in [0.2, 0.25) is 0 Å². The molecule has 0 atom stereocenters. The Morgan fingerprint density at radius 1 is 1.42 bits per heavy atom. The molecule has 6 nitrogen and oxygen atoms in total. The number of hydrogen-bond donors (Lipinski definition) is 2. The van der Waals surface area contributed by atoms with Gasteiger partial charge in [-0.25, -0.2) is 4.52 Å². The Kier molecular flexibility index (Phi) is 1.52.